The van der Waals surface area contributed by atoms with E-state index in [0.717, 1.165) is 18.0 Å². The molecule has 5 rings (SSSR count). The van der Waals surface area contributed by atoms with E-state index in [-0.39, 0.29) is 0 Å². The molecule has 0 unspecified atom stereocenters. The van der Waals surface area contributed by atoms with Crippen LogP contribution in [0.25, 0.3) is 10.9 Å². The average Bonchev–Trinajstić information content (AvgIpc) is 2.85. The first-order valence-corrected chi connectivity index (χ1v) is 11.4. The molecular formula is C25H25F2N7O2. The summed E-state index contributed by atoms with van der Waals surface area (Å²) in [5.41, 5.74) is 0.854. The second-order valence-electron chi connectivity index (χ2n) is 8.93. The van der Waals surface area contributed by atoms with Gasteiger partial charge in [0.05, 0.1) is 36.3 Å². The fraction of sp³-hybridized carbons (Fsp3) is 0.280. The Morgan fingerprint density at radius 2 is 1.78 bits per heavy atom. The highest BCUT2D eigenvalue weighted by Crippen LogP contribution is 2.32. The van der Waals surface area contributed by atoms with Gasteiger partial charge >= 0.3 is 0 Å². The summed E-state index contributed by atoms with van der Waals surface area (Å²) in [5.74, 6) is 0.250. The molecule has 1 aliphatic heterocycles. The summed E-state index contributed by atoms with van der Waals surface area (Å²) >= 11 is 0. The van der Waals surface area contributed by atoms with Crippen molar-refractivity contribution >= 4 is 39.9 Å². The minimum absolute atomic E-state index is 0.309. The van der Waals surface area contributed by atoms with Crippen LogP contribution in [-0.4, -0.2) is 50.8 Å². The van der Waals surface area contributed by atoms with Crippen molar-refractivity contribution in [2.75, 3.05) is 35.7 Å². The molecule has 3 aromatic heterocycles. The highest BCUT2D eigenvalue weighted by molar-refractivity contribution is 5.82. The van der Waals surface area contributed by atoms with E-state index in [1.807, 2.05) is 13.0 Å². The lowest BCUT2D eigenvalue weighted by Crippen LogP contribution is -2.42. The Hall–Kier alpha value is -4.12. The highest BCUT2D eigenvalue weighted by Gasteiger charge is 2.28. The highest BCUT2D eigenvalue weighted by atomic mass is 19.2. The number of fused-ring (bicyclic) bond motifs is 1. The van der Waals surface area contributed by atoms with Gasteiger partial charge in [0.2, 0.25) is 5.95 Å². The maximum absolute atomic E-state index is 13.6. The Balaban J connectivity index is 1.32. The third-order valence-electron chi connectivity index (χ3n) is 6.13. The number of methoxy groups -OCH3 is 1. The zero-order valence-electron chi connectivity index (χ0n) is 19.8. The van der Waals surface area contributed by atoms with Crippen LogP contribution in [0.1, 0.15) is 19.8 Å². The number of piperidine rings is 1. The van der Waals surface area contributed by atoms with E-state index in [9.17, 15) is 13.9 Å². The first-order valence-electron chi connectivity index (χ1n) is 11.4. The first-order chi connectivity index (χ1) is 17.3. The van der Waals surface area contributed by atoms with Crippen LogP contribution in [0.3, 0.4) is 0 Å². The van der Waals surface area contributed by atoms with E-state index in [4.69, 9.17) is 4.74 Å². The quantitative estimate of drug-likeness (QED) is 0.357. The smallest absolute Gasteiger partial charge is 0.229 e. The third kappa shape index (κ3) is 5.10. The number of rotatable bonds is 6. The van der Waals surface area contributed by atoms with Crippen molar-refractivity contribution in [2.24, 2.45) is 0 Å². The van der Waals surface area contributed by atoms with Gasteiger partial charge in [-0.15, -0.1) is 0 Å². The minimum atomic E-state index is -0.941. The molecule has 0 aliphatic carbocycles. The lowest BCUT2D eigenvalue weighted by molar-refractivity contribution is 0.0350. The van der Waals surface area contributed by atoms with Gasteiger partial charge in [0.1, 0.15) is 23.1 Å². The van der Waals surface area contributed by atoms with Gasteiger partial charge in [-0.3, -0.25) is 4.98 Å². The van der Waals surface area contributed by atoms with Crippen molar-refractivity contribution in [3.63, 3.8) is 0 Å². The summed E-state index contributed by atoms with van der Waals surface area (Å²) in [6.45, 7) is 3.27. The SMILES string of the molecule is COc1cc(N2CCC(C)(O)CC2)ncc1Nc1nccc(Nc2cnc3cc(F)c(F)cc3c2)n1. The monoisotopic (exact) mass is 493 g/mol. The van der Waals surface area contributed by atoms with Gasteiger partial charge in [0, 0.05) is 36.8 Å². The van der Waals surface area contributed by atoms with Crippen molar-refractivity contribution in [3.05, 3.63) is 60.6 Å². The normalized spacial score (nSPS) is 15.1. The number of nitrogens with one attached hydrogen (secondary N) is 2. The van der Waals surface area contributed by atoms with Gasteiger partial charge in [0.25, 0.3) is 0 Å². The van der Waals surface area contributed by atoms with Crippen molar-refractivity contribution < 1.29 is 18.6 Å². The molecule has 0 bridgehead atoms. The fourth-order valence-electron chi connectivity index (χ4n) is 4.03. The van der Waals surface area contributed by atoms with Crippen molar-refractivity contribution in [1.29, 1.82) is 0 Å². The number of nitrogens with zero attached hydrogens (tertiary/aromatic N) is 5. The standard InChI is InChI=1S/C25H25F2N7O2/c1-25(35)4-7-34(8-5-25)23-12-21(36-2)20(14-30-23)32-24-28-6-3-22(33-24)31-16-9-15-10-17(26)18(27)11-19(15)29-13-16/h3,6,9-14,35H,4-5,7-8H2,1-2H3,(H2,28,31,32,33). The Morgan fingerprint density at radius 3 is 2.56 bits per heavy atom. The van der Waals surface area contributed by atoms with Crippen LogP contribution in [0.2, 0.25) is 0 Å². The van der Waals surface area contributed by atoms with Gasteiger partial charge in [-0.25, -0.2) is 18.7 Å². The molecule has 11 heteroatoms. The molecular weight excluding hydrogens is 468 g/mol. The number of hydrogen-bond donors (Lipinski definition) is 3. The molecule has 36 heavy (non-hydrogen) atoms. The summed E-state index contributed by atoms with van der Waals surface area (Å²) in [7, 11) is 1.57. The largest absolute Gasteiger partial charge is 0.494 e. The van der Waals surface area contributed by atoms with Crippen LogP contribution in [-0.2, 0) is 0 Å². The van der Waals surface area contributed by atoms with Crippen LogP contribution >= 0.6 is 0 Å². The molecule has 1 saturated heterocycles. The lowest BCUT2D eigenvalue weighted by Gasteiger charge is -2.36. The maximum atomic E-state index is 13.6. The number of anilines is 5. The molecule has 1 fully saturated rings. The van der Waals surface area contributed by atoms with E-state index in [2.05, 4.69) is 35.5 Å². The molecule has 1 aliphatic rings. The van der Waals surface area contributed by atoms with E-state index >= 15 is 0 Å². The molecule has 1 aromatic carbocycles. The van der Waals surface area contributed by atoms with Gasteiger partial charge in [-0.1, -0.05) is 0 Å². The number of benzene rings is 1. The fourth-order valence-corrected chi connectivity index (χ4v) is 4.03. The van der Waals surface area contributed by atoms with E-state index in [0.29, 0.717) is 65.7 Å². The van der Waals surface area contributed by atoms with E-state index < -0.39 is 17.2 Å². The number of hydrogen-bond acceptors (Lipinski definition) is 9. The molecule has 0 saturated carbocycles. The Labute approximate surface area is 206 Å². The summed E-state index contributed by atoms with van der Waals surface area (Å²) in [5, 5.41) is 16.9. The predicted molar refractivity (Wildman–Crippen MR) is 133 cm³/mol. The second kappa shape index (κ2) is 9.50. The summed E-state index contributed by atoms with van der Waals surface area (Å²) in [6, 6.07) is 7.33. The molecule has 4 aromatic rings. The van der Waals surface area contributed by atoms with Crippen molar-refractivity contribution in [3.8, 4) is 5.75 Å². The average molecular weight is 494 g/mol. The first kappa shape index (κ1) is 23.6. The number of halogens is 2. The van der Waals surface area contributed by atoms with Crippen LogP contribution < -0.4 is 20.3 Å². The summed E-state index contributed by atoms with van der Waals surface area (Å²) in [4.78, 5) is 19.6. The van der Waals surface area contributed by atoms with Gasteiger partial charge in [-0.05, 0) is 38.0 Å². The minimum Gasteiger partial charge on any atom is -0.494 e. The molecule has 0 amide bonds. The van der Waals surface area contributed by atoms with Crippen LogP contribution in [0, 0.1) is 11.6 Å². The van der Waals surface area contributed by atoms with Gasteiger partial charge in [0.15, 0.2) is 11.6 Å². The van der Waals surface area contributed by atoms with Crippen LogP contribution in [0.15, 0.2) is 48.9 Å². The number of pyridine rings is 2. The van der Waals surface area contributed by atoms with Crippen molar-refractivity contribution in [1.82, 2.24) is 19.9 Å². The second-order valence-corrected chi connectivity index (χ2v) is 8.93. The Morgan fingerprint density at radius 1 is 1.00 bits per heavy atom. The number of ether oxygens (including phenoxy) is 1. The molecule has 4 heterocycles. The van der Waals surface area contributed by atoms with Crippen LogP contribution in [0.4, 0.5) is 37.7 Å². The Kier molecular flexibility index (Phi) is 6.23. The van der Waals surface area contributed by atoms with Crippen molar-refractivity contribution in [2.45, 2.75) is 25.4 Å². The summed E-state index contributed by atoms with van der Waals surface area (Å²) in [6.07, 6.45) is 6.09. The van der Waals surface area contributed by atoms with Crippen LogP contribution in [0.5, 0.6) is 5.75 Å². The topological polar surface area (TPSA) is 108 Å². The number of aromatic nitrogens is 4. The predicted octanol–water partition coefficient (Wildman–Crippen LogP) is 4.55. The maximum Gasteiger partial charge on any atom is 0.229 e. The molecule has 9 nitrogen and oxygen atoms in total. The molecule has 186 valence electrons. The molecule has 0 spiro atoms. The zero-order valence-corrected chi connectivity index (χ0v) is 19.8. The summed E-state index contributed by atoms with van der Waals surface area (Å²) < 4.78 is 32.6. The van der Waals surface area contributed by atoms with Gasteiger partial charge < -0.3 is 25.4 Å². The molecule has 0 atom stereocenters. The molecule has 3 N–H and O–H groups in total. The third-order valence-corrected chi connectivity index (χ3v) is 6.13. The van der Waals surface area contributed by atoms with E-state index in [1.165, 1.54) is 6.20 Å². The number of aliphatic hydroxyl groups is 1. The van der Waals surface area contributed by atoms with Gasteiger partial charge in [-0.2, -0.15) is 4.98 Å². The zero-order chi connectivity index (χ0) is 25.3. The molecule has 0 radical (unpaired) electrons. The van der Waals surface area contributed by atoms with E-state index in [1.54, 1.807) is 31.6 Å². The lowest BCUT2D eigenvalue weighted by atomic mass is 9.94. The Bertz CT molecular complexity index is 1410.